The summed E-state index contributed by atoms with van der Waals surface area (Å²) in [5, 5.41) is 2.45. The van der Waals surface area contributed by atoms with Crippen LogP contribution in [0.25, 0.3) is 45.2 Å². The molecule has 0 bridgehead atoms. The van der Waals surface area contributed by atoms with Gasteiger partial charge in [-0.05, 0) is 117 Å². The molecule has 56 heavy (non-hydrogen) atoms. The topological polar surface area (TPSA) is 6.48 Å². The predicted octanol–water partition coefficient (Wildman–Crippen LogP) is 15.3. The molecule has 266 valence electrons. The normalized spacial score (nSPS) is 11.1. The van der Waals surface area contributed by atoms with E-state index in [9.17, 15) is 0 Å². The Kier molecular flexibility index (Phi) is 9.75. The Bertz CT molecular complexity index is 2650. The Morgan fingerprint density at radius 2 is 0.554 bits per heavy atom. The minimum absolute atomic E-state index is 1.11. The fraction of sp³-hybridized carbons (Fsp3) is 0. The second-order valence-corrected chi connectivity index (χ2v) is 13.9. The van der Waals surface area contributed by atoms with Crippen molar-refractivity contribution < 1.29 is 0 Å². The van der Waals surface area contributed by atoms with Crippen LogP contribution in [0.4, 0.5) is 34.1 Å². The number of anilines is 6. The molecule has 0 saturated carbocycles. The third-order valence-electron chi connectivity index (χ3n) is 10.2. The van der Waals surface area contributed by atoms with Gasteiger partial charge >= 0.3 is 0 Å². The maximum Gasteiger partial charge on any atom is 0.0468 e. The third kappa shape index (κ3) is 7.50. The quantitative estimate of drug-likeness (QED) is 0.130. The van der Waals surface area contributed by atoms with Crippen LogP contribution in [0.5, 0.6) is 0 Å². The molecule has 0 heterocycles. The minimum atomic E-state index is 1.11. The van der Waals surface area contributed by atoms with Crippen molar-refractivity contribution in [3.63, 3.8) is 0 Å². The highest BCUT2D eigenvalue weighted by Gasteiger charge is 2.15. The van der Waals surface area contributed by atoms with E-state index >= 15 is 0 Å². The largest absolute Gasteiger partial charge is 0.311 e. The van der Waals surface area contributed by atoms with E-state index in [4.69, 9.17) is 0 Å². The van der Waals surface area contributed by atoms with Crippen LogP contribution in [0.2, 0.25) is 0 Å². The number of nitrogens with zero attached hydrogens (tertiary/aromatic N) is 2. The molecule has 0 aliphatic rings. The molecule has 2 nitrogen and oxygen atoms in total. The lowest BCUT2D eigenvalue weighted by molar-refractivity contribution is 1.28. The Morgan fingerprint density at radius 1 is 0.232 bits per heavy atom. The highest BCUT2D eigenvalue weighted by Crippen LogP contribution is 2.38. The molecular weight excluding hydrogens is 677 g/mol. The van der Waals surface area contributed by atoms with Crippen LogP contribution in [-0.2, 0) is 0 Å². The number of rotatable bonds is 10. The molecule has 0 aliphatic heterocycles. The summed E-state index contributed by atoms with van der Waals surface area (Å²) in [6, 6.07) is 82.1. The molecule has 9 aromatic rings. The van der Waals surface area contributed by atoms with Crippen LogP contribution in [0, 0.1) is 0 Å². The highest BCUT2D eigenvalue weighted by atomic mass is 15.1. The Labute approximate surface area is 329 Å². The lowest BCUT2D eigenvalue weighted by Gasteiger charge is -2.26. The number of hydrogen-bond acceptors (Lipinski definition) is 2. The summed E-state index contributed by atoms with van der Waals surface area (Å²) in [5.41, 5.74) is 13.8. The van der Waals surface area contributed by atoms with E-state index in [2.05, 4.69) is 252 Å². The first-order chi connectivity index (χ1) is 27.7. The van der Waals surface area contributed by atoms with Crippen molar-refractivity contribution in [2.24, 2.45) is 0 Å². The molecule has 0 spiro atoms. The van der Waals surface area contributed by atoms with Crippen molar-refractivity contribution in [2.75, 3.05) is 9.80 Å². The van der Waals surface area contributed by atoms with Gasteiger partial charge in [-0.1, -0.05) is 170 Å². The van der Waals surface area contributed by atoms with E-state index in [-0.39, 0.29) is 0 Å². The fourth-order valence-electron chi connectivity index (χ4n) is 7.31. The second-order valence-electron chi connectivity index (χ2n) is 13.9. The summed E-state index contributed by atoms with van der Waals surface area (Å²) >= 11 is 0. The van der Waals surface area contributed by atoms with Gasteiger partial charge in [0, 0.05) is 34.1 Å². The zero-order chi connectivity index (χ0) is 37.5. The first-order valence-electron chi connectivity index (χ1n) is 19.1. The average Bonchev–Trinajstić information content (AvgIpc) is 3.28. The van der Waals surface area contributed by atoms with Crippen molar-refractivity contribution in [1.82, 2.24) is 0 Å². The number of benzene rings is 9. The zero-order valence-corrected chi connectivity index (χ0v) is 31.0. The van der Waals surface area contributed by atoms with E-state index in [1.807, 2.05) is 0 Å². The summed E-state index contributed by atoms with van der Waals surface area (Å²) in [7, 11) is 0. The molecule has 9 rings (SSSR count). The Hall–Kier alpha value is -7.42. The van der Waals surface area contributed by atoms with E-state index in [1.54, 1.807) is 0 Å². The van der Waals surface area contributed by atoms with Crippen LogP contribution in [-0.4, -0.2) is 0 Å². The van der Waals surface area contributed by atoms with Crippen LogP contribution in [0.3, 0.4) is 0 Å². The van der Waals surface area contributed by atoms with Gasteiger partial charge in [-0.3, -0.25) is 0 Å². The van der Waals surface area contributed by atoms with E-state index < -0.39 is 0 Å². The van der Waals surface area contributed by atoms with E-state index in [0.29, 0.717) is 0 Å². The SMILES string of the molecule is C(=Cc1ccc(N(c2ccccc2)c2ccccc2)cc1)c1ccc(-c2ccc(N(c3ccc(-c4ccccc4)cc3)c3ccc4ccccc4c3)cc2)cc1. The Balaban J connectivity index is 0.938. The highest BCUT2D eigenvalue weighted by molar-refractivity contribution is 5.90. The second kappa shape index (κ2) is 15.9. The predicted molar refractivity (Wildman–Crippen MR) is 240 cm³/mol. The fourth-order valence-corrected chi connectivity index (χ4v) is 7.31. The average molecular weight is 717 g/mol. The van der Waals surface area contributed by atoms with Crippen molar-refractivity contribution in [2.45, 2.75) is 0 Å². The smallest absolute Gasteiger partial charge is 0.0468 e. The first kappa shape index (κ1) is 34.4. The van der Waals surface area contributed by atoms with Gasteiger partial charge < -0.3 is 9.80 Å². The minimum Gasteiger partial charge on any atom is -0.311 e. The van der Waals surface area contributed by atoms with E-state index in [1.165, 1.54) is 33.0 Å². The molecule has 0 radical (unpaired) electrons. The lowest BCUT2D eigenvalue weighted by atomic mass is 10.0. The standard InChI is InChI=1S/C54H40N2/c1-4-12-43(13-5-1)46-28-35-52(36-29-46)56(54-39-32-44-14-10-11-15-48(44)40-54)53-37-30-47(31-38-53)45-26-22-41(23-27-45)20-21-42-24-33-51(34-25-42)55(49-16-6-2-7-17-49)50-18-8-3-9-19-50/h1-40H. The van der Waals surface area contributed by atoms with Gasteiger partial charge in [-0.25, -0.2) is 0 Å². The van der Waals surface area contributed by atoms with E-state index in [0.717, 1.165) is 45.3 Å². The maximum absolute atomic E-state index is 2.34. The van der Waals surface area contributed by atoms with Crippen molar-refractivity contribution in [1.29, 1.82) is 0 Å². The summed E-state index contributed by atoms with van der Waals surface area (Å²) in [6.07, 6.45) is 4.36. The van der Waals surface area contributed by atoms with Crippen LogP contribution >= 0.6 is 0 Å². The molecule has 0 saturated heterocycles. The molecule has 2 heteroatoms. The molecular formula is C54H40N2. The monoisotopic (exact) mass is 716 g/mol. The van der Waals surface area contributed by atoms with Gasteiger partial charge in [-0.15, -0.1) is 0 Å². The maximum atomic E-state index is 2.34. The van der Waals surface area contributed by atoms with Crippen molar-refractivity contribution in [3.05, 3.63) is 242 Å². The van der Waals surface area contributed by atoms with Gasteiger partial charge in [0.2, 0.25) is 0 Å². The zero-order valence-electron chi connectivity index (χ0n) is 31.0. The molecule has 0 atom stereocenters. The Morgan fingerprint density at radius 3 is 1.05 bits per heavy atom. The molecule has 0 aromatic heterocycles. The van der Waals surface area contributed by atoms with Crippen LogP contribution in [0.15, 0.2) is 231 Å². The summed E-state index contributed by atoms with van der Waals surface area (Å²) < 4.78 is 0. The van der Waals surface area contributed by atoms with Crippen molar-refractivity contribution >= 4 is 57.0 Å². The molecule has 0 unspecified atom stereocenters. The van der Waals surface area contributed by atoms with Gasteiger partial charge in [-0.2, -0.15) is 0 Å². The van der Waals surface area contributed by atoms with Gasteiger partial charge in [0.25, 0.3) is 0 Å². The molecule has 0 aliphatic carbocycles. The molecule has 0 N–H and O–H groups in total. The molecule has 9 aromatic carbocycles. The third-order valence-corrected chi connectivity index (χ3v) is 10.2. The summed E-state index contributed by atoms with van der Waals surface area (Å²) in [4.78, 5) is 4.62. The van der Waals surface area contributed by atoms with Gasteiger partial charge in [0.15, 0.2) is 0 Å². The summed E-state index contributed by atoms with van der Waals surface area (Å²) in [6.45, 7) is 0. The lowest BCUT2D eigenvalue weighted by Crippen LogP contribution is -2.09. The molecule has 0 fully saturated rings. The summed E-state index contributed by atoms with van der Waals surface area (Å²) in [5.74, 6) is 0. The number of para-hydroxylation sites is 2. The number of hydrogen-bond donors (Lipinski definition) is 0. The first-order valence-corrected chi connectivity index (χ1v) is 19.1. The van der Waals surface area contributed by atoms with Crippen molar-refractivity contribution in [3.8, 4) is 22.3 Å². The van der Waals surface area contributed by atoms with Crippen LogP contribution in [0.1, 0.15) is 11.1 Å². The molecule has 0 amide bonds. The van der Waals surface area contributed by atoms with Crippen LogP contribution < -0.4 is 9.80 Å². The van der Waals surface area contributed by atoms with Gasteiger partial charge in [0.1, 0.15) is 0 Å². The van der Waals surface area contributed by atoms with Gasteiger partial charge in [0.05, 0.1) is 0 Å². The number of fused-ring (bicyclic) bond motifs is 1.